The molecule has 1 atom stereocenters. The molecule has 0 aliphatic carbocycles. The fourth-order valence-corrected chi connectivity index (χ4v) is 3.78. The van der Waals surface area contributed by atoms with E-state index in [1.54, 1.807) is 11.3 Å². The van der Waals surface area contributed by atoms with Crippen LogP contribution >= 0.6 is 47.5 Å². The van der Waals surface area contributed by atoms with E-state index in [4.69, 9.17) is 0 Å². The van der Waals surface area contributed by atoms with Gasteiger partial charge in [0.05, 0.1) is 4.88 Å². The van der Waals surface area contributed by atoms with Gasteiger partial charge in [0.25, 0.3) is 5.91 Å². The number of thiophene rings is 1. The SMILES string of the molecule is C[C@H]1CNCCN1C(=O)c1csc(-c2cccs2)n1.Cl.Cl. The van der Waals surface area contributed by atoms with Crippen LogP contribution in [0.3, 0.4) is 0 Å². The van der Waals surface area contributed by atoms with Crippen LogP contribution in [0.15, 0.2) is 22.9 Å². The van der Waals surface area contributed by atoms with Crippen LogP contribution in [0.4, 0.5) is 0 Å². The molecule has 116 valence electrons. The van der Waals surface area contributed by atoms with Gasteiger partial charge in [-0.05, 0) is 18.4 Å². The molecule has 1 saturated heterocycles. The number of halogens is 2. The minimum atomic E-state index is 0. The Balaban J connectivity index is 0.00000110. The molecular formula is C13H17Cl2N3OS2. The molecule has 0 unspecified atom stereocenters. The summed E-state index contributed by atoms with van der Waals surface area (Å²) in [6.45, 7) is 4.54. The molecule has 0 bridgehead atoms. The fraction of sp³-hybridized carbons (Fsp3) is 0.385. The van der Waals surface area contributed by atoms with Crippen molar-refractivity contribution in [2.75, 3.05) is 19.6 Å². The highest BCUT2D eigenvalue weighted by molar-refractivity contribution is 7.20. The van der Waals surface area contributed by atoms with Crippen LogP contribution in [0.25, 0.3) is 9.88 Å². The molecule has 3 rings (SSSR count). The summed E-state index contributed by atoms with van der Waals surface area (Å²) < 4.78 is 0. The van der Waals surface area contributed by atoms with E-state index in [1.807, 2.05) is 27.8 Å². The monoisotopic (exact) mass is 365 g/mol. The van der Waals surface area contributed by atoms with E-state index in [0.717, 1.165) is 29.5 Å². The average Bonchev–Trinajstić information content (AvgIpc) is 3.09. The molecule has 1 amide bonds. The molecule has 0 saturated carbocycles. The number of nitrogens with zero attached hydrogens (tertiary/aromatic N) is 2. The van der Waals surface area contributed by atoms with Gasteiger partial charge in [-0.15, -0.1) is 47.5 Å². The van der Waals surface area contributed by atoms with Gasteiger partial charge in [0.1, 0.15) is 10.7 Å². The van der Waals surface area contributed by atoms with Crippen LogP contribution in [-0.2, 0) is 0 Å². The molecule has 0 spiro atoms. The highest BCUT2D eigenvalue weighted by atomic mass is 35.5. The molecule has 1 fully saturated rings. The summed E-state index contributed by atoms with van der Waals surface area (Å²) >= 11 is 3.19. The summed E-state index contributed by atoms with van der Waals surface area (Å²) in [4.78, 5) is 19.9. The minimum absolute atomic E-state index is 0. The van der Waals surface area contributed by atoms with Crippen molar-refractivity contribution < 1.29 is 4.79 Å². The van der Waals surface area contributed by atoms with E-state index in [-0.39, 0.29) is 36.8 Å². The zero-order valence-electron chi connectivity index (χ0n) is 11.4. The number of nitrogens with one attached hydrogen (secondary N) is 1. The van der Waals surface area contributed by atoms with Crippen molar-refractivity contribution in [1.29, 1.82) is 0 Å². The van der Waals surface area contributed by atoms with Crippen molar-refractivity contribution in [3.05, 3.63) is 28.6 Å². The molecule has 1 aliphatic heterocycles. The predicted molar refractivity (Wildman–Crippen MR) is 93.3 cm³/mol. The number of carbonyl (C=O) groups excluding carboxylic acids is 1. The number of aromatic nitrogens is 1. The maximum atomic E-state index is 12.4. The van der Waals surface area contributed by atoms with E-state index >= 15 is 0 Å². The molecular weight excluding hydrogens is 349 g/mol. The van der Waals surface area contributed by atoms with E-state index in [0.29, 0.717) is 5.69 Å². The Morgan fingerprint density at radius 1 is 1.43 bits per heavy atom. The van der Waals surface area contributed by atoms with Gasteiger partial charge in [0, 0.05) is 31.1 Å². The van der Waals surface area contributed by atoms with Gasteiger partial charge < -0.3 is 10.2 Å². The lowest BCUT2D eigenvalue weighted by atomic mass is 10.2. The third-order valence-corrected chi connectivity index (χ3v) is 5.10. The number of amides is 1. The number of piperazine rings is 1. The number of carbonyl (C=O) groups is 1. The van der Waals surface area contributed by atoms with Crippen molar-refractivity contribution in [1.82, 2.24) is 15.2 Å². The topological polar surface area (TPSA) is 45.2 Å². The van der Waals surface area contributed by atoms with Gasteiger partial charge in [0.15, 0.2) is 0 Å². The number of hydrogen-bond acceptors (Lipinski definition) is 5. The Morgan fingerprint density at radius 3 is 2.90 bits per heavy atom. The summed E-state index contributed by atoms with van der Waals surface area (Å²) in [5, 5.41) is 8.11. The van der Waals surface area contributed by atoms with Gasteiger partial charge >= 0.3 is 0 Å². The molecule has 4 nitrogen and oxygen atoms in total. The van der Waals surface area contributed by atoms with Crippen molar-refractivity contribution >= 4 is 53.4 Å². The molecule has 2 aromatic heterocycles. The maximum Gasteiger partial charge on any atom is 0.273 e. The Kier molecular flexibility index (Phi) is 7.09. The molecule has 0 aromatic carbocycles. The highest BCUT2D eigenvalue weighted by Gasteiger charge is 2.25. The van der Waals surface area contributed by atoms with Gasteiger partial charge in [-0.3, -0.25) is 4.79 Å². The largest absolute Gasteiger partial charge is 0.332 e. The van der Waals surface area contributed by atoms with Crippen LogP contribution in [-0.4, -0.2) is 41.5 Å². The molecule has 2 aromatic rings. The Hall–Kier alpha value is -0.660. The summed E-state index contributed by atoms with van der Waals surface area (Å²) in [7, 11) is 0. The van der Waals surface area contributed by atoms with Crippen LogP contribution in [0.5, 0.6) is 0 Å². The van der Waals surface area contributed by atoms with Gasteiger partial charge in [-0.2, -0.15) is 0 Å². The fourth-order valence-electron chi connectivity index (χ4n) is 2.18. The molecule has 0 radical (unpaired) electrons. The summed E-state index contributed by atoms with van der Waals surface area (Å²) in [6, 6.07) is 4.26. The van der Waals surface area contributed by atoms with Crippen molar-refractivity contribution in [3.8, 4) is 9.88 Å². The van der Waals surface area contributed by atoms with Crippen molar-refractivity contribution in [3.63, 3.8) is 0 Å². The quantitative estimate of drug-likeness (QED) is 0.888. The summed E-state index contributed by atoms with van der Waals surface area (Å²) in [5.74, 6) is 0.0491. The predicted octanol–water partition coefficient (Wildman–Crippen LogP) is 3.15. The lowest BCUT2D eigenvalue weighted by Gasteiger charge is -2.33. The standard InChI is InChI=1S/C13H15N3OS2.2ClH/c1-9-7-14-4-5-16(9)13(17)10-8-19-12(15-10)11-3-2-6-18-11;;/h2-3,6,8-9,14H,4-5,7H2,1H3;2*1H/t9-;;/m0../s1. The third kappa shape index (κ3) is 3.96. The Morgan fingerprint density at radius 2 is 2.24 bits per heavy atom. The van der Waals surface area contributed by atoms with Gasteiger partial charge in [-0.1, -0.05) is 6.07 Å². The smallest absolute Gasteiger partial charge is 0.273 e. The molecule has 1 N–H and O–H groups in total. The first-order valence-electron chi connectivity index (χ1n) is 6.27. The first kappa shape index (κ1) is 18.4. The zero-order valence-corrected chi connectivity index (χ0v) is 14.7. The maximum absolute atomic E-state index is 12.4. The third-order valence-electron chi connectivity index (χ3n) is 3.22. The number of rotatable bonds is 2. The molecule has 8 heteroatoms. The minimum Gasteiger partial charge on any atom is -0.332 e. The number of thiazole rings is 1. The van der Waals surface area contributed by atoms with Crippen molar-refractivity contribution in [2.24, 2.45) is 0 Å². The molecule has 21 heavy (non-hydrogen) atoms. The van der Waals surface area contributed by atoms with Crippen LogP contribution in [0, 0.1) is 0 Å². The average molecular weight is 366 g/mol. The van der Waals surface area contributed by atoms with Crippen LogP contribution in [0.2, 0.25) is 0 Å². The van der Waals surface area contributed by atoms with E-state index in [2.05, 4.69) is 17.2 Å². The second-order valence-electron chi connectivity index (χ2n) is 4.57. The normalized spacial score (nSPS) is 17.8. The van der Waals surface area contributed by atoms with E-state index in [1.165, 1.54) is 11.3 Å². The van der Waals surface area contributed by atoms with E-state index in [9.17, 15) is 4.79 Å². The second-order valence-corrected chi connectivity index (χ2v) is 6.37. The lowest BCUT2D eigenvalue weighted by Crippen LogP contribution is -2.52. The van der Waals surface area contributed by atoms with Crippen LogP contribution in [0.1, 0.15) is 17.4 Å². The summed E-state index contributed by atoms with van der Waals surface area (Å²) in [6.07, 6.45) is 0. The summed E-state index contributed by atoms with van der Waals surface area (Å²) in [5.41, 5.74) is 0.571. The first-order chi connectivity index (χ1) is 9.25. The van der Waals surface area contributed by atoms with Gasteiger partial charge in [-0.25, -0.2) is 4.98 Å². The van der Waals surface area contributed by atoms with Crippen LogP contribution < -0.4 is 5.32 Å². The Bertz CT molecular complexity index is 574. The lowest BCUT2D eigenvalue weighted by molar-refractivity contribution is 0.0650. The second kappa shape index (κ2) is 8.10. The Labute approximate surface area is 144 Å². The first-order valence-corrected chi connectivity index (χ1v) is 8.03. The van der Waals surface area contributed by atoms with E-state index < -0.39 is 0 Å². The zero-order chi connectivity index (χ0) is 13.2. The van der Waals surface area contributed by atoms with Gasteiger partial charge in [0.2, 0.25) is 0 Å². The number of hydrogen-bond donors (Lipinski definition) is 1. The molecule has 1 aliphatic rings. The highest BCUT2D eigenvalue weighted by Crippen LogP contribution is 2.28. The molecule has 3 heterocycles. The van der Waals surface area contributed by atoms with Crippen molar-refractivity contribution in [2.45, 2.75) is 13.0 Å².